The van der Waals surface area contributed by atoms with Gasteiger partial charge in [0.25, 0.3) is 5.91 Å². The van der Waals surface area contributed by atoms with Crippen molar-refractivity contribution in [2.24, 2.45) is 0 Å². The van der Waals surface area contributed by atoms with Gasteiger partial charge in [-0.2, -0.15) is 0 Å². The molecule has 3 nitrogen and oxygen atoms in total. The number of carbonyl (C=O) groups is 1. The van der Waals surface area contributed by atoms with Gasteiger partial charge in [-0.05, 0) is 43.2 Å². The van der Waals surface area contributed by atoms with Crippen molar-refractivity contribution in [2.75, 3.05) is 13.2 Å². The first-order valence-electron chi connectivity index (χ1n) is 7.12. The molecular weight excluding hydrogens is 270 g/mol. The number of aliphatic hydroxyl groups is 1. The highest BCUT2D eigenvalue weighted by molar-refractivity contribution is 7.21. The van der Waals surface area contributed by atoms with E-state index >= 15 is 0 Å². The number of rotatable bonds is 2. The van der Waals surface area contributed by atoms with E-state index < -0.39 is 0 Å². The van der Waals surface area contributed by atoms with Crippen molar-refractivity contribution >= 4 is 27.3 Å². The fourth-order valence-electron chi connectivity index (χ4n) is 2.97. The Kier molecular flexibility index (Phi) is 3.76. The number of thiophene rings is 1. The zero-order chi connectivity index (χ0) is 14.1. The van der Waals surface area contributed by atoms with Gasteiger partial charge in [0.15, 0.2) is 0 Å². The summed E-state index contributed by atoms with van der Waals surface area (Å²) in [7, 11) is 0. The van der Waals surface area contributed by atoms with Crippen LogP contribution in [0.25, 0.3) is 10.1 Å². The van der Waals surface area contributed by atoms with E-state index in [0.717, 1.165) is 40.9 Å². The maximum absolute atomic E-state index is 12.8. The molecule has 1 aromatic carbocycles. The topological polar surface area (TPSA) is 40.5 Å². The lowest BCUT2D eigenvalue weighted by Gasteiger charge is -2.34. The van der Waals surface area contributed by atoms with Gasteiger partial charge < -0.3 is 10.0 Å². The summed E-state index contributed by atoms with van der Waals surface area (Å²) < 4.78 is 1.16. The Balaban J connectivity index is 1.97. The molecule has 0 aliphatic carbocycles. The highest BCUT2D eigenvalue weighted by Crippen LogP contribution is 2.32. The first-order valence-corrected chi connectivity index (χ1v) is 7.94. The molecule has 4 heteroatoms. The first-order chi connectivity index (χ1) is 9.72. The van der Waals surface area contributed by atoms with Crippen LogP contribution in [0.5, 0.6) is 0 Å². The largest absolute Gasteiger partial charge is 0.394 e. The normalized spacial score (nSPS) is 19.5. The second kappa shape index (κ2) is 5.54. The molecule has 0 bridgehead atoms. The van der Waals surface area contributed by atoms with Gasteiger partial charge in [-0.25, -0.2) is 0 Å². The average molecular weight is 289 g/mol. The van der Waals surface area contributed by atoms with E-state index in [0.29, 0.717) is 0 Å². The molecule has 1 aliphatic heterocycles. The van der Waals surface area contributed by atoms with E-state index in [4.69, 9.17) is 0 Å². The molecule has 1 atom stereocenters. The molecule has 1 N–H and O–H groups in total. The van der Waals surface area contributed by atoms with E-state index in [-0.39, 0.29) is 18.6 Å². The van der Waals surface area contributed by atoms with Gasteiger partial charge in [0.2, 0.25) is 0 Å². The summed E-state index contributed by atoms with van der Waals surface area (Å²) in [4.78, 5) is 15.5. The number of carbonyl (C=O) groups excluding carboxylic acids is 1. The molecule has 3 rings (SSSR count). The molecule has 1 aromatic heterocycles. The second-order valence-electron chi connectivity index (χ2n) is 5.38. The van der Waals surface area contributed by atoms with Gasteiger partial charge in [-0.15, -0.1) is 11.3 Å². The molecule has 106 valence electrons. The van der Waals surface area contributed by atoms with Crippen molar-refractivity contribution in [3.05, 3.63) is 34.7 Å². The molecule has 0 saturated carbocycles. The molecule has 0 radical (unpaired) electrons. The minimum atomic E-state index is -0.0131. The molecule has 20 heavy (non-hydrogen) atoms. The molecule has 1 aliphatic rings. The van der Waals surface area contributed by atoms with Gasteiger partial charge in [0.1, 0.15) is 0 Å². The number of amides is 1. The summed E-state index contributed by atoms with van der Waals surface area (Å²) in [6, 6.07) is 8.12. The van der Waals surface area contributed by atoms with Crippen LogP contribution < -0.4 is 0 Å². The standard InChI is InChI=1S/C16H19NO2S/c1-11-13-7-2-3-8-14(13)20-15(11)16(19)17-9-5-4-6-12(17)10-18/h2-3,7-8,12,18H,4-6,9-10H2,1H3. The Morgan fingerprint density at radius 2 is 2.20 bits per heavy atom. The third-order valence-electron chi connectivity index (χ3n) is 4.14. The van der Waals surface area contributed by atoms with E-state index in [1.807, 2.05) is 24.0 Å². The van der Waals surface area contributed by atoms with Crippen LogP contribution in [-0.4, -0.2) is 35.1 Å². The zero-order valence-electron chi connectivity index (χ0n) is 11.6. The number of hydrogen-bond donors (Lipinski definition) is 1. The minimum absolute atomic E-state index is 0.0131. The third kappa shape index (κ3) is 2.23. The van der Waals surface area contributed by atoms with Crippen molar-refractivity contribution in [1.82, 2.24) is 4.90 Å². The number of piperidine rings is 1. The summed E-state index contributed by atoms with van der Waals surface area (Å²) in [6.45, 7) is 2.84. The van der Waals surface area contributed by atoms with Crippen molar-refractivity contribution < 1.29 is 9.90 Å². The Morgan fingerprint density at radius 1 is 1.40 bits per heavy atom. The Bertz CT molecular complexity index is 634. The number of fused-ring (bicyclic) bond motifs is 1. The van der Waals surface area contributed by atoms with E-state index in [9.17, 15) is 9.90 Å². The van der Waals surface area contributed by atoms with Gasteiger partial charge in [0.05, 0.1) is 17.5 Å². The number of nitrogens with zero attached hydrogens (tertiary/aromatic N) is 1. The summed E-state index contributed by atoms with van der Waals surface area (Å²) in [5.41, 5.74) is 1.07. The van der Waals surface area contributed by atoms with Crippen LogP contribution in [0.4, 0.5) is 0 Å². The number of aryl methyl sites for hydroxylation is 1. The number of hydrogen-bond acceptors (Lipinski definition) is 3. The number of benzene rings is 1. The van der Waals surface area contributed by atoms with Crippen LogP contribution in [0.15, 0.2) is 24.3 Å². The fourth-order valence-corrected chi connectivity index (χ4v) is 4.13. The summed E-state index contributed by atoms with van der Waals surface area (Å²) >= 11 is 1.57. The molecular formula is C16H19NO2S. The van der Waals surface area contributed by atoms with Crippen LogP contribution in [0.1, 0.15) is 34.5 Å². The molecule has 1 fully saturated rings. The monoisotopic (exact) mass is 289 g/mol. The first kappa shape index (κ1) is 13.6. The SMILES string of the molecule is Cc1c(C(=O)N2CCCCC2CO)sc2ccccc12. The zero-order valence-corrected chi connectivity index (χ0v) is 12.4. The predicted octanol–water partition coefficient (Wildman–Crippen LogP) is 3.20. The van der Waals surface area contributed by atoms with Crippen LogP contribution in [-0.2, 0) is 0 Å². The maximum atomic E-state index is 12.8. The Hall–Kier alpha value is -1.39. The molecule has 0 spiro atoms. The Morgan fingerprint density at radius 3 is 2.95 bits per heavy atom. The summed E-state index contributed by atoms with van der Waals surface area (Å²) in [5.74, 6) is 0.0856. The van der Waals surface area contributed by atoms with Crippen LogP contribution >= 0.6 is 11.3 Å². The van der Waals surface area contributed by atoms with Gasteiger partial charge in [0, 0.05) is 11.2 Å². The van der Waals surface area contributed by atoms with Crippen LogP contribution in [0.3, 0.4) is 0 Å². The second-order valence-corrected chi connectivity index (χ2v) is 6.44. The van der Waals surface area contributed by atoms with Crippen molar-refractivity contribution in [3.63, 3.8) is 0 Å². The van der Waals surface area contributed by atoms with Gasteiger partial charge in [-0.1, -0.05) is 18.2 Å². The third-order valence-corrected chi connectivity index (χ3v) is 5.40. The molecule has 1 amide bonds. The summed E-state index contributed by atoms with van der Waals surface area (Å²) in [6.07, 6.45) is 3.04. The molecule has 2 heterocycles. The van der Waals surface area contributed by atoms with Gasteiger partial charge >= 0.3 is 0 Å². The van der Waals surface area contributed by atoms with Crippen molar-refractivity contribution in [3.8, 4) is 0 Å². The lowest BCUT2D eigenvalue weighted by Crippen LogP contribution is -2.45. The fraction of sp³-hybridized carbons (Fsp3) is 0.438. The van der Waals surface area contributed by atoms with Crippen LogP contribution in [0, 0.1) is 6.92 Å². The quantitative estimate of drug-likeness (QED) is 0.922. The highest BCUT2D eigenvalue weighted by atomic mass is 32.1. The van der Waals surface area contributed by atoms with E-state index in [2.05, 4.69) is 12.1 Å². The predicted molar refractivity (Wildman–Crippen MR) is 82.3 cm³/mol. The van der Waals surface area contributed by atoms with E-state index in [1.54, 1.807) is 11.3 Å². The highest BCUT2D eigenvalue weighted by Gasteiger charge is 2.29. The number of likely N-dealkylation sites (tertiary alicyclic amines) is 1. The summed E-state index contributed by atoms with van der Waals surface area (Å²) in [5, 5.41) is 10.6. The van der Waals surface area contributed by atoms with Gasteiger partial charge in [-0.3, -0.25) is 4.79 Å². The lowest BCUT2D eigenvalue weighted by molar-refractivity contribution is 0.0507. The van der Waals surface area contributed by atoms with Crippen LogP contribution in [0.2, 0.25) is 0 Å². The molecule has 2 aromatic rings. The Labute approximate surface area is 122 Å². The average Bonchev–Trinajstić information content (AvgIpc) is 2.84. The number of aliphatic hydroxyl groups excluding tert-OH is 1. The minimum Gasteiger partial charge on any atom is -0.394 e. The lowest BCUT2D eigenvalue weighted by atomic mass is 10.0. The maximum Gasteiger partial charge on any atom is 0.264 e. The molecule has 1 saturated heterocycles. The van der Waals surface area contributed by atoms with Crippen molar-refractivity contribution in [2.45, 2.75) is 32.2 Å². The van der Waals surface area contributed by atoms with Crippen molar-refractivity contribution in [1.29, 1.82) is 0 Å². The smallest absolute Gasteiger partial charge is 0.264 e. The molecule has 1 unspecified atom stereocenters. The van der Waals surface area contributed by atoms with E-state index in [1.165, 1.54) is 5.39 Å².